The normalized spacial score (nSPS) is 11.9. The number of H-pyrrole nitrogens is 1. The van der Waals surface area contributed by atoms with Crippen molar-refractivity contribution in [1.82, 2.24) is 10.2 Å². The van der Waals surface area contributed by atoms with Gasteiger partial charge in [0.25, 0.3) is 5.56 Å². The van der Waals surface area contributed by atoms with Crippen LogP contribution in [0.2, 0.25) is 5.02 Å². The number of halogens is 1. The largest absolute Gasteiger partial charge is 0.491 e. The van der Waals surface area contributed by atoms with Gasteiger partial charge in [0.05, 0.1) is 17.9 Å². The van der Waals surface area contributed by atoms with E-state index >= 15 is 0 Å². The van der Waals surface area contributed by atoms with Gasteiger partial charge in [-0.3, -0.25) is 4.79 Å². The number of anilines is 1. The summed E-state index contributed by atoms with van der Waals surface area (Å²) in [5, 5.41) is 9.16. The molecule has 0 amide bonds. The minimum absolute atomic E-state index is 0.0163. The summed E-state index contributed by atoms with van der Waals surface area (Å²) in [6.07, 6.45) is 1.48. The number of ether oxygens (including phenoxy) is 1. The van der Waals surface area contributed by atoms with E-state index in [0.29, 0.717) is 12.3 Å². The molecule has 2 aromatic rings. The SMILES string of the molecule is Cc1ccc(OCC(C)Nc2cn[nH]c(=O)c2Cl)cc1. The van der Waals surface area contributed by atoms with Crippen molar-refractivity contribution in [3.63, 3.8) is 0 Å². The fourth-order valence-corrected chi connectivity index (χ4v) is 1.79. The molecule has 1 unspecified atom stereocenters. The molecule has 0 aliphatic rings. The Bertz CT molecular complexity index is 625. The van der Waals surface area contributed by atoms with Gasteiger partial charge in [0.2, 0.25) is 0 Å². The maximum absolute atomic E-state index is 11.3. The second-order valence-electron chi connectivity index (χ2n) is 4.60. The Morgan fingerprint density at radius 3 is 2.80 bits per heavy atom. The molecule has 6 heteroatoms. The maximum atomic E-state index is 11.3. The van der Waals surface area contributed by atoms with E-state index in [1.807, 2.05) is 38.1 Å². The van der Waals surface area contributed by atoms with E-state index in [1.165, 1.54) is 11.8 Å². The average Bonchev–Trinajstić information content (AvgIpc) is 2.43. The smallest absolute Gasteiger partial charge is 0.285 e. The van der Waals surface area contributed by atoms with Crippen LogP contribution in [0.1, 0.15) is 12.5 Å². The molecule has 5 nitrogen and oxygen atoms in total. The molecule has 0 bridgehead atoms. The monoisotopic (exact) mass is 293 g/mol. The van der Waals surface area contributed by atoms with Gasteiger partial charge >= 0.3 is 0 Å². The van der Waals surface area contributed by atoms with E-state index in [-0.39, 0.29) is 11.1 Å². The summed E-state index contributed by atoms with van der Waals surface area (Å²) in [5.74, 6) is 0.805. The van der Waals surface area contributed by atoms with E-state index in [2.05, 4.69) is 15.5 Å². The second-order valence-corrected chi connectivity index (χ2v) is 4.97. The first-order valence-corrected chi connectivity index (χ1v) is 6.63. The Hall–Kier alpha value is -2.01. The van der Waals surface area contributed by atoms with Crippen molar-refractivity contribution < 1.29 is 4.74 Å². The predicted octanol–water partition coefficient (Wildman–Crippen LogP) is 2.61. The van der Waals surface area contributed by atoms with Gasteiger partial charge in [-0.1, -0.05) is 29.3 Å². The Balaban J connectivity index is 1.92. The van der Waals surface area contributed by atoms with Crippen LogP contribution >= 0.6 is 11.6 Å². The van der Waals surface area contributed by atoms with Crippen LogP contribution < -0.4 is 15.6 Å². The number of hydrogen-bond donors (Lipinski definition) is 2. The molecule has 0 saturated heterocycles. The highest BCUT2D eigenvalue weighted by molar-refractivity contribution is 6.32. The number of nitrogens with one attached hydrogen (secondary N) is 2. The number of aromatic nitrogens is 2. The van der Waals surface area contributed by atoms with Crippen molar-refractivity contribution in [3.05, 3.63) is 51.4 Å². The maximum Gasteiger partial charge on any atom is 0.285 e. The zero-order valence-corrected chi connectivity index (χ0v) is 12.1. The van der Waals surface area contributed by atoms with Gasteiger partial charge in [-0.05, 0) is 26.0 Å². The highest BCUT2D eigenvalue weighted by Crippen LogP contribution is 2.16. The Morgan fingerprint density at radius 2 is 2.10 bits per heavy atom. The van der Waals surface area contributed by atoms with Crippen molar-refractivity contribution in [2.75, 3.05) is 11.9 Å². The molecule has 0 saturated carbocycles. The van der Waals surface area contributed by atoms with Gasteiger partial charge in [-0.25, -0.2) is 5.10 Å². The van der Waals surface area contributed by atoms with E-state index in [4.69, 9.17) is 16.3 Å². The van der Waals surface area contributed by atoms with Crippen LogP contribution in [0.15, 0.2) is 35.3 Å². The van der Waals surface area contributed by atoms with Gasteiger partial charge in [0.1, 0.15) is 17.4 Å². The lowest BCUT2D eigenvalue weighted by atomic mass is 10.2. The molecule has 1 aromatic heterocycles. The number of aryl methyl sites for hydroxylation is 1. The fourth-order valence-electron chi connectivity index (χ4n) is 1.65. The lowest BCUT2D eigenvalue weighted by molar-refractivity contribution is 0.304. The number of hydrogen-bond acceptors (Lipinski definition) is 4. The van der Waals surface area contributed by atoms with Crippen LogP contribution in [0.25, 0.3) is 0 Å². The van der Waals surface area contributed by atoms with Gasteiger partial charge in [0.15, 0.2) is 0 Å². The van der Waals surface area contributed by atoms with Gasteiger partial charge in [-0.2, -0.15) is 5.10 Å². The van der Waals surface area contributed by atoms with Crippen LogP contribution in [-0.4, -0.2) is 22.8 Å². The third kappa shape index (κ3) is 3.74. The molecule has 2 N–H and O–H groups in total. The first-order valence-electron chi connectivity index (χ1n) is 6.25. The summed E-state index contributed by atoms with van der Waals surface area (Å²) in [4.78, 5) is 11.3. The van der Waals surface area contributed by atoms with Crippen LogP contribution in [0.4, 0.5) is 5.69 Å². The van der Waals surface area contributed by atoms with E-state index in [0.717, 1.165) is 5.75 Å². The molecule has 0 radical (unpaired) electrons. The summed E-state index contributed by atoms with van der Waals surface area (Å²) in [7, 11) is 0. The number of aromatic amines is 1. The Kier molecular flexibility index (Phi) is 4.63. The van der Waals surface area contributed by atoms with Gasteiger partial charge in [-0.15, -0.1) is 0 Å². The summed E-state index contributed by atoms with van der Waals surface area (Å²) in [6.45, 7) is 4.41. The molecule has 0 aliphatic carbocycles. The van der Waals surface area contributed by atoms with Crippen molar-refractivity contribution in [2.24, 2.45) is 0 Å². The molecule has 0 spiro atoms. The molecule has 20 heavy (non-hydrogen) atoms. The summed E-state index contributed by atoms with van der Waals surface area (Å²) in [6, 6.07) is 7.81. The highest BCUT2D eigenvalue weighted by Gasteiger charge is 2.09. The standard InChI is InChI=1S/C14H16ClN3O2/c1-9-3-5-11(6-4-9)20-8-10(2)17-12-7-16-18-14(19)13(12)15/h3-7,10H,8H2,1-2H3,(H2,17,18,19). The van der Waals surface area contributed by atoms with Gasteiger partial charge in [0, 0.05) is 0 Å². The molecule has 2 rings (SSSR count). The molecule has 1 aromatic carbocycles. The molecule has 1 atom stereocenters. The number of benzene rings is 1. The first kappa shape index (κ1) is 14.4. The minimum Gasteiger partial charge on any atom is -0.491 e. The molecular weight excluding hydrogens is 278 g/mol. The first-order chi connectivity index (χ1) is 9.56. The lowest BCUT2D eigenvalue weighted by Crippen LogP contribution is -2.25. The quantitative estimate of drug-likeness (QED) is 0.889. The van der Waals surface area contributed by atoms with Crippen molar-refractivity contribution in [1.29, 1.82) is 0 Å². The fraction of sp³-hybridized carbons (Fsp3) is 0.286. The van der Waals surface area contributed by atoms with Crippen molar-refractivity contribution >= 4 is 17.3 Å². The summed E-state index contributed by atoms with van der Waals surface area (Å²) >= 11 is 5.88. The molecule has 0 fully saturated rings. The van der Waals surface area contributed by atoms with Gasteiger partial charge < -0.3 is 10.1 Å². The molecular formula is C14H16ClN3O2. The lowest BCUT2D eigenvalue weighted by Gasteiger charge is -2.16. The predicted molar refractivity (Wildman–Crippen MR) is 79.6 cm³/mol. The summed E-state index contributed by atoms with van der Waals surface area (Å²) in [5.41, 5.74) is 1.27. The number of nitrogens with zero attached hydrogens (tertiary/aromatic N) is 1. The highest BCUT2D eigenvalue weighted by atomic mass is 35.5. The van der Waals surface area contributed by atoms with E-state index < -0.39 is 5.56 Å². The second kappa shape index (κ2) is 6.43. The Labute approximate surface area is 121 Å². The molecule has 0 aliphatic heterocycles. The molecule has 106 valence electrons. The van der Waals surface area contributed by atoms with E-state index in [9.17, 15) is 4.79 Å². The minimum atomic E-state index is -0.414. The van der Waals surface area contributed by atoms with E-state index in [1.54, 1.807) is 0 Å². The zero-order chi connectivity index (χ0) is 14.5. The van der Waals surface area contributed by atoms with Crippen molar-refractivity contribution in [2.45, 2.75) is 19.9 Å². The topological polar surface area (TPSA) is 67.0 Å². The average molecular weight is 294 g/mol. The van der Waals surface area contributed by atoms with Crippen LogP contribution in [0, 0.1) is 6.92 Å². The molecule has 1 heterocycles. The van der Waals surface area contributed by atoms with Crippen LogP contribution in [-0.2, 0) is 0 Å². The van der Waals surface area contributed by atoms with Crippen molar-refractivity contribution in [3.8, 4) is 5.75 Å². The summed E-state index contributed by atoms with van der Waals surface area (Å²) < 4.78 is 5.65. The third-order valence-electron chi connectivity index (χ3n) is 2.72. The van der Waals surface area contributed by atoms with Crippen LogP contribution in [0.5, 0.6) is 5.75 Å². The zero-order valence-electron chi connectivity index (χ0n) is 11.3. The Morgan fingerprint density at radius 1 is 1.40 bits per heavy atom. The third-order valence-corrected chi connectivity index (χ3v) is 3.09. The van der Waals surface area contributed by atoms with Crippen LogP contribution in [0.3, 0.4) is 0 Å². The number of rotatable bonds is 5.